The number of hydrogen-bond donors (Lipinski definition) is 2. The van der Waals surface area contributed by atoms with Crippen molar-refractivity contribution in [3.05, 3.63) is 58.8 Å². The summed E-state index contributed by atoms with van der Waals surface area (Å²) < 4.78 is 15.0. The van der Waals surface area contributed by atoms with Gasteiger partial charge in [-0.2, -0.15) is 15.3 Å². The Labute approximate surface area is 172 Å². The highest BCUT2D eigenvalue weighted by molar-refractivity contribution is 6.00. The van der Waals surface area contributed by atoms with E-state index >= 15 is 0 Å². The van der Waals surface area contributed by atoms with Gasteiger partial charge in [0.15, 0.2) is 5.82 Å². The van der Waals surface area contributed by atoms with Crippen LogP contribution in [0.4, 0.5) is 21.8 Å². The van der Waals surface area contributed by atoms with Crippen molar-refractivity contribution in [3.63, 3.8) is 0 Å². The molecule has 0 unspecified atom stereocenters. The zero-order chi connectivity index (χ0) is 21.3. The molecule has 4 rings (SSSR count). The first-order chi connectivity index (χ1) is 14.4. The third-order valence-corrected chi connectivity index (χ3v) is 4.74. The van der Waals surface area contributed by atoms with Gasteiger partial charge >= 0.3 is 0 Å². The number of nitrogens with zero attached hydrogens (tertiary/aromatic N) is 6. The maximum Gasteiger partial charge on any atom is 0.244 e. The van der Waals surface area contributed by atoms with E-state index in [9.17, 15) is 14.4 Å². The number of aryl methyl sites for hydroxylation is 1. The van der Waals surface area contributed by atoms with Gasteiger partial charge in [-0.25, -0.2) is 9.37 Å². The first-order valence-electron chi connectivity index (χ1n) is 9.26. The van der Waals surface area contributed by atoms with Gasteiger partial charge in [0.1, 0.15) is 11.5 Å². The van der Waals surface area contributed by atoms with Crippen molar-refractivity contribution in [1.29, 1.82) is 5.26 Å². The number of carbonyl (C=O) groups is 1. The number of fused-ring (bicyclic) bond motifs is 1. The van der Waals surface area contributed by atoms with E-state index in [1.54, 1.807) is 21.8 Å². The fourth-order valence-electron chi connectivity index (χ4n) is 3.26. The van der Waals surface area contributed by atoms with Gasteiger partial charge in [0.05, 0.1) is 36.6 Å². The Kier molecular flexibility index (Phi) is 5.02. The van der Waals surface area contributed by atoms with Crippen LogP contribution in [0.5, 0.6) is 0 Å². The van der Waals surface area contributed by atoms with Crippen molar-refractivity contribution < 1.29 is 9.18 Å². The number of carbonyl (C=O) groups excluding carboxylic acids is 1. The van der Waals surface area contributed by atoms with Crippen molar-refractivity contribution in [2.45, 2.75) is 20.0 Å². The SMILES string of the molecule is Cc1nc(NCc2cnn(Cc3ccc(F)cc3C#N)c2)nc2c1NC(=O)CN2C. The minimum absolute atomic E-state index is 0.0921. The Hall–Kier alpha value is -4.00. The first-order valence-corrected chi connectivity index (χ1v) is 9.26. The molecule has 0 fully saturated rings. The molecule has 3 aromatic rings. The van der Waals surface area contributed by atoms with E-state index in [0.29, 0.717) is 47.4 Å². The van der Waals surface area contributed by atoms with Crippen LogP contribution < -0.4 is 15.5 Å². The molecule has 2 aromatic heterocycles. The van der Waals surface area contributed by atoms with Crippen molar-refractivity contribution in [2.24, 2.45) is 0 Å². The van der Waals surface area contributed by atoms with Crippen molar-refractivity contribution in [2.75, 3.05) is 29.1 Å². The molecule has 9 nitrogen and oxygen atoms in total. The first kappa shape index (κ1) is 19.3. The van der Waals surface area contributed by atoms with Crippen LogP contribution in [0.1, 0.15) is 22.4 Å². The largest absolute Gasteiger partial charge is 0.350 e. The topological polar surface area (TPSA) is 112 Å². The van der Waals surface area contributed by atoms with Gasteiger partial charge in [-0.05, 0) is 24.6 Å². The number of amides is 1. The minimum atomic E-state index is -0.439. The molecule has 1 aliphatic heterocycles. The summed E-state index contributed by atoms with van der Waals surface area (Å²) >= 11 is 0. The van der Waals surface area contributed by atoms with Crippen LogP contribution in [0, 0.1) is 24.1 Å². The summed E-state index contributed by atoms with van der Waals surface area (Å²) in [6.45, 7) is 2.87. The third kappa shape index (κ3) is 3.91. The number of anilines is 3. The summed E-state index contributed by atoms with van der Waals surface area (Å²) in [7, 11) is 1.81. The van der Waals surface area contributed by atoms with E-state index < -0.39 is 5.82 Å². The van der Waals surface area contributed by atoms with Gasteiger partial charge in [0.25, 0.3) is 0 Å². The predicted octanol–water partition coefficient (Wildman–Crippen LogP) is 2.04. The van der Waals surface area contributed by atoms with Crippen LogP contribution in [-0.2, 0) is 17.9 Å². The summed E-state index contributed by atoms with van der Waals surface area (Å²) in [5.41, 5.74) is 3.19. The van der Waals surface area contributed by atoms with Crippen molar-refractivity contribution in [3.8, 4) is 6.07 Å². The molecule has 152 valence electrons. The quantitative estimate of drug-likeness (QED) is 0.667. The Bertz CT molecular complexity index is 1170. The number of hydrogen-bond acceptors (Lipinski definition) is 7. The molecule has 0 aliphatic carbocycles. The standard InChI is InChI=1S/C20H19FN8O/c1-12-18-19(28(2)11-17(30)26-18)27-20(25-12)23-7-13-8-24-29(9-13)10-14-3-4-16(21)5-15(14)6-22/h3-5,8-9H,7,10-11H2,1-2H3,(H,26,30)(H,23,25,27). The van der Waals surface area contributed by atoms with Crippen LogP contribution in [0.15, 0.2) is 30.6 Å². The number of rotatable bonds is 5. The number of benzene rings is 1. The van der Waals surface area contributed by atoms with Gasteiger partial charge < -0.3 is 15.5 Å². The Balaban J connectivity index is 1.45. The fourth-order valence-corrected chi connectivity index (χ4v) is 3.26. The van der Waals surface area contributed by atoms with Crippen molar-refractivity contribution in [1.82, 2.24) is 19.7 Å². The molecule has 0 saturated carbocycles. The van der Waals surface area contributed by atoms with E-state index in [1.807, 2.05) is 26.2 Å². The predicted molar refractivity (Wildman–Crippen MR) is 108 cm³/mol. The lowest BCUT2D eigenvalue weighted by atomic mass is 10.1. The summed E-state index contributed by atoms with van der Waals surface area (Å²) in [4.78, 5) is 22.4. The van der Waals surface area contributed by atoms with Crippen LogP contribution in [0.3, 0.4) is 0 Å². The highest BCUT2D eigenvalue weighted by Gasteiger charge is 2.23. The Morgan fingerprint density at radius 2 is 2.20 bits per heavy atom. The van der Waals surface area contributed by atoms with E-state index in [1.165, 1.54) is 12.1 Å². The molecule has 1 aliphatic rings. The zero-order valence-electron chi connectivity index (χ0n) is 16.5. The smallest absolute Gasteiger partial charge is 0.244 e. The highest BCUT2D eigenvalue weighted by atomic mass is 19.1. The minimum Gasteiger partial charge on any atom is -0.350 e. The molecule has 2 N–H and O–H groups in total. The average Bonchev–Trinajstić information content (AvgIpc) is 3.16. The molecule has 30 heavy (non-hydrogen) atoms. The van der Waals surface area contributed by atoms with Gasteiger partial charge in [0.2, 0.25) is 11.9 Å². The lowest BCUT2D eigenvalue weighted by Gasteiger charge is -2.27. The highest BCUT2D eigenvalue weighted by Crippen LogP contribution is 2.29. The lowest BCUT2D eigenvalue weighted by molar-refractivity contribution is -0.115. The number of nitriles is 1. The van der Waals surface area contributed by atoms with Gasteiger partial charge in [-0.3, -0.25) is 9.48 Å². The van der Waals surface area contributed by atoms with E-state index in [4.69, 9.17) is 0 Å². The fraction of sp³-hybridized carbons (Fsp3) is 0.250. The van der Waals surface area contributed by atoms with E-state index in [0.717, 1.165) is 5.56 Å². The molecular formula is C20H19FN8O. The molecule has 1 aromatic carbocycles. The van der Waals surface area contributed by atoms with Crippen LogP contribution >= 0.6 is 0 Å². The third-order valence-electron chi connectivity index (χ3n) is 4.74. The Morgan fingerprint density at radius 3 is 3.00 bits per heavy atom. The maximum absolute atomic E-state index is 13.3. The molecule has 10 heteroatoms. The van der Waals surface area contributed by atoms with Crippen molar-refractivity contribution >= 4 is 23.4 Å². The molecule has 0 radical (unpaired) electrons. The van der Waals surface area contributed by atoms with Gasteiger partial charge in [-0.15, -0.1) is 0 Å². The molecule has 0 bridgehead atoms. The molecular weight excluding hydrogens is 387 g/mol. The molecule has 0 atom stereocenters. The summed E-state index contributed by atoms with van der Waals surface area (Å²) in [5.74, 6) is 0.588. The summed E-state index contributed by atoms with van der Waals surface area (Å²) in [5, 5.41) is 19.5. The summed E-state index contributed by atoms with van der Waals surface area (Å²) in [6.07, 6.45) is 3.55. The molecule has 0 saturated heterocycles. The van der Waals surface area contributed by atoms with E-state index in [-0.39, 0.29) is 12.5 Å². The number of aromatic nitrogens is 4. The van der Waals surface area contributed by atoms with Crippen LogP contribution in [0.2, 0.25) is 0 Å². The number of likely N-dealkylation sites (N-methyl/N-ethyl adjacent to an activating group) is 1. The molecule has 1 amide bonds. The molecule has 0 spiro atoms. The summed E-state index contributed by atoms with van der Waals surface area (Å²) in [6, 6.07) is 6.15. The maximum atomic E-state index is 13.3. The van der Waals surface area contributed by atoms with Crippen LogP contribution in [0.25, 0.3) is 0 Å². The number of halogens is 1. The second-order valence-electron chi connectivity index (χ2n) is 7.05. The normalized spacial score (nSPS) is 12.9. The van der Waals surface area contributed by atoms with E-state index in [2.05, 4.69) is 25.7 Å². The lowest BCUT2D eigenvalue weighted by Crippen LogP contribution is -2.36. The average molecular weight is 406 g/mol. The number of nitrogens with one attached hydrogen (secondary N) is 2. The zero-order valence-corrected chi connectivity index (χ0v) is 16.5. The second kappa shape index (κ2) is 7.79. The second-order valence-corrected chi connectivity index (χ2v) is 7.05. The van der Waals surface area contributed by atoms with Gasteiger partial charge in [-0.1, -0.05) is 6.07 Å². The van der Waals surface area contributed by atoms with Gasteiger partial charge in [0, 0.05) is 25.4 Å². The molecule has 3 heterocycles. The van der Waals surface area contributed by atoms with Crippen LogP contribution in [-0.4, -0.2) is 39.2 Å². The Morgan fingerprint density at radius 1 is 1.37 bits per heavy atom. The monoisotopic (exact) mass is 406 g/mol.